The SMILES string of the molecule is Cn1ccc(-c2ccc(C(=O)N3Cc4cccnc4Oc4ccccc43)c(Cl)c2)n1. The summed E-state index contributed by atoms with van der Waals surface area (Å²) in [5.74, 6) is 0.863. The third-order valence-corrected chi connectivity index (χ3v) is 5.31. The Morgan fingerprint density at radius 1 is 1.10 bits per heavy atom. The number of ether oxygens (including phenoxy) is 1. The molecule has 6 nitrogen and oxygen atoms in total. The zero-order valence-corrected chi connectivity index (χ0v) is 16.9. The summed E-state index contributed by atoms with van der Waals surface area (Å²) in [5, 5.41) is 4.77. The molecule has 0 radical (unpaired) electrons. The molecule has 0 fully saturated rings. The van der Waals surface area contributed by atoms with Crippen LogP contribution < -0.4 is 9.64 Å². The van der Waals surface area contributed by atoms with Crippen molar-refractivity contribution in [3.63, 3.8) is 0 Å². The van der Waals surface area contributed by atoms with Crippen molar-refractivity contribution < 1.29 is 9.53 Å². The molecular weight excluding hydrogens is 400 g/mol. The van der Waals surface area contributed by atoms with Crippen molar-refractivity contribution in [2.75, 3.05) is 4.90 Å². The number of aromatic nitrogens is 3. The molecule has 0 N–H and O–H groups in total. The summed E-state index contributed by atoms with van der Waals surface area (Å²) in [6.07, 6.45) is 3.54. The molecule has 0 saturated heterocycles. The summed E-state index contributed by atoms with van der Waals surface area (Å²) in [4.78, 5) is 19.5. The fraction of sp³-hybridized carbons (Fsp3) is 0.0870. The van der Waals surface area contributed by atoms with Gasteiger partial charge in [-0.15, -0.1) is 0 Å². The van der Waals surface area contributed by atoms with Crippen molar-refractivity contribution in [1.82, 2.24) is 14.8 Å². The molecule has 0 atom stereocenters. The van der Waals surface area contributed by atoms with Crippen LogP contribution >= 0.6 is 11.6 Å². The largest absolute Gasteiger partial charge is 0.436 e. The molecule has 2 aromatic carbocycles. The second kappa shape index (κ2) is 7.31. The highest BCUT2D eigenvalue weighted by molar-refractivity contribution is 6.35. The highest BCUT2D eigenvalue weighted by atomic mass is 35.5. The maximum Gasteiger partial charge on any atom is 0.260 e. The Bertz CT molecular complexity index is 1270. The van der Waals surface area contributed by atoms with Crippen molar-refractivity contribution in [1.29, 1.82) is 0 Å². The topological polar surface area (TPSA) is 60.2 Å². The lowest BCUT2D eigenvalue weighted by Crippen LogP contribution is -2.30. The number of benzene rings is 2. The molecule has 30 heavy (non-hydrogen) atoms. The Morgan fingerprint density at radius 3 is 2.77 bits per heavy atom. The van der Waals surface area contributed by atoms with E-state index in [2.05, 4.69) is 10.1 Å². The van der Waals surface area contributed by atoms with Gasteiger partial charge in [-0.1, -0.05) is 35.9 Å². The van der Waals surface area contributed by atoms with Gasteiger partial charge in [-0.2, -0.15) is 5.10 Å². The minimum absolute atomic E-state index is 0.208. The Morgan fingerprint density at radius 2 is 1.97 bits per heavy atom. The summed E-state index contributed by atoms with van der Waals surface area (Å²) in [6, 6.07) is 18.4. The number of rotatable bonds is 2. The molecule has 148 valence electrons. The normalized spacial score (nSPS) is 12.5. The number of amides is 1. The lowest BCUT2D eigenvalue weighted by atomic mass is 10.1. The molecular formula is C23H17ClN4O2. The van der Waals surface area contributed by atoms with Crippen molar-refractivity contribution in [2.45, 2.75) is 6.54 Å². The van der Waals surface area contributed by atoms with Gasteiger partial charge in [0.1, 0.15) is 0 Å². The van der Waals surface area contributed by atoms with Gasteiger partial charge in [-0.25, -0.2) is 4.98 Å². The molecule has 3 heterocycles. The standard InChI is InChI=1S/C23H17ClN4O2/c1-27-12-10-19(26-27)15-8-9-17(18(24)13-15)23(29)28-14-16-5-4-11-25-22(16)30-21-7-3-2-6-20(21)28/h2-13H,14H2,1H3. The Hall–Kier alpha value is -3.64. The van der Waals surface area contributed by atoms with E-state index >= 15 is 0 Å². The number of hydrogen-bond donors (Lipinski definition) is 0. The molecule has 0 aliphatic carbocycles. The zero-order chi connectivity index (χ0) is 20.7. The molecule has 4 aromatic rings. The minimum Gasteiger partial charge on any atom is -0.436 e. The summed E-state index contributed by atoms with van der Waals surface area (Å²) in [5.41, 5.74) is 3.56. The van der Waals surface area contributed by atoms with Gasteiger partial charge >= 0.3 is 0 Å². The Labute approximate surface area is 178 Å². The number of fused-ring (bicyclic) bond motifs is 2. The van der Waals surface area contributed by atoms with Crippen LogP contribution in [0.15, 0.2) is 73.1 Å². The third kappa shape index (κ3) is 3.21. The minimum atomic E-state index is -0.208. The lowest BCUT2D eigenvalue weighted by Gasteiger charge is -2.22. The average Bonchev–Trinajstić information content (AvgIpc) is 3.11. The Balaban J connectivity index is 1.55. The Kier molecular flexibility index (Phi) is 4.48. The van der Waals surface area contributed by atoms with E-state index in [9.17, 15) is 4.79 Å². The number of aryl methyl sites for hydroxylation is 1. The number of hydrogen-bond acceptors (Lipinski definition) is 4. The van der Waals surface area contributed by atoms with Gasteiger partial charge in [0.05, 0.1) is 28.5 Å². The number of anilines is 1. The van der Waals surface area contributed by atoms with E-state index in [0.29, 0.717) is 34.4 Å². The van der Waals surface area contributed by atoms with E-state index < -0.39 is 0 Å². The van der Waals surface area contributed by atoms with Gasteiger partial charge in [0.15, 0.2) is 5.75 Å². The highest BCUT2D eigenvalue weighted by Gasteiger charge is 2.27. The molecule has 7 heteroatoms. The number of para-hydroxylation sites is 2. The highest BCUT2D eigenvalue weighted by Crippen LogP contribution is 2.39. The van der Waals surface area contributed by atoms with Crippen LogP contribution in [0.3, 0.4) is 0 Å². The van der Waals surface area contributed by atoms with Crippen LogP contribution in [0.2, 0.25) is 5.02 Å². The smallest absolute Gasteiger partial charge is 0.260 e. The lowest BCUT2D eigenvalue weighted by molar-refractivity contribution is 0.0985. The number of pyridine rings is 1. The van der Waals surface area contributed by atoms with Crippen LogP contribution in [-0.4, -0.2) is 20.7 Å². The van der Waals surface area contributed by atoms with Gasteiger partial charge in [0.2, 0.25) is 5.88 Å². The van der Waals surface area contributed by atoms with Crippen molar-refractivity contribution >= 4 is 23.2 Å². The molecule has 1 aliphatic heterocycles. The number of halogens is 1. The van der Waals surface area contributed by atoms with Crippen LogP contribution in [0.5, 0.6) is 11.6 Å². The van der Waals surface area contributed by atoms with Gasteiger partial charge in [-0.05, 0) is 36.4 Å². The summed E-state index contributed by atoms with van der Waals surface area (Å²) >= 11 is 6.54. The molecule has 0 bridgehead atoms. The molecule has 2 aromatic heterocycles. The fourth-order valence-electron chi connectivity index (χ4n) is 3.51. The van der Waals surface area contributed by atoms with Crippen LogP contribution in [0.4, 0.5) is 5.69 Å². The first-order valence-electron chi connectivity index (χ1n) is 9.42. The van der Waals surface area contributed by atoms with E-state index in [0.717, 1.165) is 16.8 Å². The first-order valence-corrected chi connectivity index (χ1v) is 9.80. The van der Waals surface area contributed by atoms with E-state index in [1.54, 1.807) is 27.9 Å². The van der Waals surface area contributed by atoms with Crippen molar-refractivity contribution in [3.8, 4) is 22.9 Å². The molecule has 0 saturated carbocycles. The molecule has 1 amide bonds. The van der Waals surface area contributed by atoms with E-state index in [1.165, 1.54) is 0 Å². The third-order valence-electron chi connectivity index (χ3n) is 5.00. The monoisotopic (exact) mass is 416 g/mol. The van der Waals surface area contributed by atoms with Gasteiger partial charge in [-0.3, -0.25) is 9.48 Å². The maximum atomic E-state index is 13.5. The number of nitrogens with zero attached hydrogens (tertiary/aromatic N) is 4. The zero-order valence-electron chi connectivity index (χ0n) is 16.1. The van der Waals surface area contributed by atoms with E-state index in [4.69, 9.17) is 16.3 Å². The van der Waals surface area contributed by atoms with Gasteiger partial charge in [0.25, 0.3) is 5.91 Å². The predicted octanol–water partition coefficient (Wildman–Crippen LogP) is 5.09. The molecule has 0 unspecified atom stereocenters. The quantitative estimate of drug-likeness (QED) is 0.456. The van der Waals surface area contributed by atoms with Gasteiger partial charge in [0, 0.05) is 30.6 Å². The van der Waals surface area contributed by atoms with Crippen LogP contribution in [0.25, 0.3) is 11.3 Å². The second-order valence-corrected chi connectivity index (χ2v) is 7.41. The second-order valence-electron chi connectivity index (χ2n) is 7.00. The summed E-state index contributed by atoms with van der Waals surface area (Å²) < 4.78 is 7.70. The molecule has 5 rings (SSSR count). The summed E-state index contributed by atoms with van der Waals surface area (Å²) in [6.45, 7) is 0.331. The molecule has 1 aliphatic rings. The van der Waals surface area contributed by atoms with Crippen molar-refractivity contribution in [2.24, 2.45) is 7.05 Å². The van der Waals surface area contributed by atoms with Crippen molar-refractivity contribution in [3.05, 3.63) is 89.2 Å². The first kappa shape index (κ1) is 18.4. The number of carbonyl (C=O) groups excluding carboxylic acids is 1. The maximum absolute atomic E-state index is 13.5. The average molecular weight is 417 g/mol. The number of carbonyl (C=O) groups is 1. The van der Waals surface area contributed by atoms with Crippen LogP contribution in [-0.2, 0) is 13.6 Å². The molecule has 0 spiro atoms. The van der Waals surface area contributed by atoms with Gasteiger partial charge < -0.3 is 9.64 Å². The van der Waals surface area contributed by atoms with Crippen LogP contribution in [0.1, 0.15) is 15.9 Å². The fourth-order valence-corrected chi connectivity index (χ4v) is 3.77. The van der Waals surface area contributed by atoms with E-state index in [1.807, 2.05) is 61.8 Å². The van der Waals surface area contributed by atoms with Crippen LogP contribution in [0, 0.1) is 0 Å². The predicted molar refractivity (Wildman–Crippen MR) is 115 cm³/mol. The summed E-state index contributed by atoms with van der Waals surface area (Å²) in [7, 11) is 1.86. The first-order chi connectivity index (χ1) is 14.6. The van der Waals surface area contributed by atoms with E-state index in [-0.39, 0.29) is 5.91 Å².